The summed E-state index contributed by atoms with van der Waals surface area (Å²) in [4.78, 5) is 10.9. The fourth-order valence-electron chi connectivity index (χ4n) is 2.35. The molecule has 2 atom stereocenters. The highest BCUT2D eigenvalue weighted by atomic mass is 16.4. The molecule has 0 amide bonds. The molecule has 0 spiro atoms. The lowest BCUT2D eigenvalue weighted by molar-refractivity contribution is -0.137. The molecule has 0 bridgehead atoms. The van der Waals surface area contributed by atoms with Gasteiger partial charge in [0.2, 0.25) is 0 Å². The Morgan fingerprint density at radius 2 is 1.60 bits per heavy atom. The molecular formula is C17H19NO2. The molecule has 0 heterocycles. The maximum atomic E-state index is 10.9. The quantitative estimate of drug-likeness (QED) is 0.875. The van der Waals surface area contributed by atoms with Crippen LogP contribution >= 0.6 is 0 Å². The van der Waals surface area contributed by atoms with Crippen LogP contribution in [0.1, 0.15) is 24.8 Å². The van der Waals surface area contributed by atoms with E-state index in [-0.39, 0.29) is 18.4 Å². The van der Waals surface area contributed by atoms with Gasteiger partial charge < -0.3 is 10.8 Å². The van der Waals surface area contributed by atoms with Crippen LogP contribution in [0.5, 0.6) is 0 Å². The first-order valence-electron chi connectivity index (χ1n) is 6.70. The van der Waals surface area contributed by atoms with E-state index in [2.05, 4.69) is 12.1 Å². The lowest BCUT2D eigenvalue weighted by atomic mass is 9.89. The Morgan fingerprint density at radius 3 is 2.10 bits per heavy atom. The molecule has 0 aromatic heterocycles. The molecule has 0 saturated heterocycles. The Labute approximate surface area is 119 Å². The van der Waals surface area contributed by atoms with E-state index < -0.39 is 5.97 Å². The van der Waals surface area contributed by atoms with Gasteiger partial charge in [0.05, 0.1) is 6.42 Å². The average molecular weight is 269 g/mol. The van der Waals surface area contributed by atoms with Gasteiger partial charge in [-0.15, -0.1) is 0 Å². The summed E-state index contributed by atoms with van der Waals surface area (Å²) >= 11 is 0. The number of carbonyl (C=O) groups is 1. The summed E-state index contributed by atoms with van der Waals surface area (Å²) in [6.45, 7) is 1.85. The molecule has 2 aromatic carbocycles. The fraction of sp³-hybridized carbons (Fsp3) is 0.235. The molecule has 0 saturated carbocycles. The Morgan fingerprint density at radius 1 is 1.05 bits per heavy atom. The number of hydrogen-bond acceptors (Lipinski definition) is 2. The average Bonchev–Trinajstić information content (AvgIpc) is 2.45. The van der Waals surface area contributed by atoms with Crippen LogP contribution in [0.3, 0.4) is 0 Å². The minimum atomic E-state index is -0.820. The number of rotatable bonds is 5. The standard InChI is InChI=1S/C17H19NO2/c1-12(18)16(11-17(19)20)15-9-7-14(8-10-15)13-5-3-2-4-6-13/h2-10,12,16H,11,18H2,1H3,(H,19,20). The summed E-state index contributed by atoms with van der Waals surface area (Å²) in [5.41, 5.74) is 9.14. The van der Waals surface area contributed by atoms with Gasteiger partial charge in [-0.3, -0.25) is 4.79 Å². The van der Waals surface area contributed by atoms with Gasteiger partial charge in [-0.05, 0) is 23.6 Å². The number of nitrogens with two attached hydrogens (primary N) is 1. The highest BCUT2D eigenvalue weighted by molar-refractivity contribution is 5.68. The first-order chi connectivity index (χ1) is 9.58. The van der Waals surface area contributed by atoms with Crippen molar-refractivity contribution in [1.82, 2.24) is 0 Å². The van der Waals surface area contributed by atoms with Crippen LogP contribution in [0.25, 0.3) is 11.1 Å². The van der Waals surface area contributed by atoms with E-state index in [0.717, 1.165) is 16.7 Å². The van der Waals surface area contributed by atoms with Gasteiger partial charge in [-0.1, -0.05) is 54.6 Å². The van der Waals surface area contributed by atoms with E-state index in [0.29, 0.717) is 0 Å². The van der Waals surface area contributed by atoms with E-state index in [1.807, 2.05) is 49.4 Å². The van der Waals surface area contributed by atoms with Gasteiger partial charge in [0, 0.05) is 12.0 Å². The lowest BCUT2D eigenvalue weighted by Crippen LogP contribution is -2.26. The van der Waals surface area contributed by atoms with Crippen LogP contribution in [0, 0.1) is 0 Å². The highest BCUT2D eigenvalue weighted by Crippen LogP contribution is 2.26. The van der Waals surface area contributed by atoms with Crippen molar-refractivity contribution < 1.29 is 9.90 Å². The SMILES string of the molecule is CC(N)C(CC(=O)O)c1ccc(-c2ccccc2)cc1. The van der Waals surface area contributed by atoms with Crippen LogP contribution in [0.4, 0.5) is 0 Å². The van der Waals surface area contributed by atoms with E-state index >= 15 is 0 Å². The largest absolute Gasteiger partial charge is 0.481 e. The summed E-state index contributed by atoms with van der Waals surface area (Å²) in [7, 11) is 0. The van der Waals surface area contributed by atoms with E-state index in [4.69, 9.17) is 10.8 Å². The monoisotopic (exact) mass is 269 g/mol. The van der Waals surface area contributed by atoms with Gasteiger partial charge in [0.1, 0.15) is 0 Å². The minimum Gasteiger partial charge on any atom is -0.481 e. The van der Waals surface area contributed by atoms with Crippen LogP contribution in [-0.4, -0.2) is 17.1 Å². The molecule has 104 valence electrons. The van der Waals surface area contributed by atoms with Crippen LogP contribution in [0.2, 0.25) is 0 Å². The van der Waals surface area contributed by atoms with E-state index in [1.165, 1.54) is 0 Å². The highest BCUT2D eigenvalue weighted by Gasteiger charge is 2.19. The van der Waals surface area contributed by atoms with Gasteiger partial charge in [0.25, 0.3) is 0 Å². The smallest absolute Gasteiger partial charge is 0.304 e. The predicted molar refractivity (Wildman–Crippen MR) is 80.5 cm³/mol. The van der Waals surface area contributed by atoms with Crippen molar-refractivity contribution in [2.75, 3.05) is 0 Å². The second kappa shape index (κ2) is 6.35. The molecule has 2 aromatic rings. The molecular weight excluding hydrogens is 250 g/mol. The van der Waals surface area contributed by atoms with Crippen molar-refractivity contribution in [1.29, 1.82) is 0 Å². The zero-order valence-electron chi connectivity index (χ0n) is 11.5. The summed E-state index contributed by atoms with van der Waals surface area (Å²) in [6.07, 6.45) is 0.0579. The molecule has 3 heteroatoms. The molecule has 3 nitrogen and oxygen atoms in total. The van der Waals surface area contributed by atoms with Crippen molar-refractivity contribution in [2.45, 2.75) is 25.3 Å². The molecule has 0 fully saturated rings. The normalized spacial score (nSPS) is 13.7. The predicted octanol–water partition coefficient (Wildman–Crippen LogP) is 3.26. The van der Waals surface area contributed by atoms with Gasteiger partial charge >= 0.3 is 5.97 Å². The summed E-state index contributed by atoms with van der Waals surface area (Å²) in [6, 6.07) is 17.9. The Bertz CT molecular complexity index is 561. The van der Waals surface area contributed by atoms with Crippen LogP contribution < -0.4 is 5.73 Å². The van der Waals surface area contributed by atoms with Crippen LogP contribution in [0.15, 0.2) is 54.6 Å². The zero-order valence-corrected chi connectivity index (χ0v) is 11.5. The third-order valence-corrected chi connectivity index (χ3v) is 3.48. The first kappa shape index (κ1) is 14.3. The number of benzene rings is 2. The number of carboxylic acids is 1. The van der Waals surface area contributed by atoms with E-state index in [9.17, 15) is 4.79 Å². The first-order valence-corrected chi connectivity index (χ1v) is 6.70. The van der Waals surface area contributed by atoms with Crippen LogP contribution in [-0.2, 0) is 4.79 Å². The molecule has 2 rings (SSSR count). The number of hydrogen-bond donors (Lipinski definition) is 2. The number of aliphatic carboxylic acids is 1. The molecule has 0 aliphatic heterocycles. The maximum Gasteiger partial charge on any atom is 0.304 e. The van der Waals surface area contributed by atoms with Gasteiger partial charge in [-0.25, -0.2) is 0 Å². The second-order valence-corrected chi connectivity index (χ2v) is 5.05. The second-order valence-electron chi connectivity index (χ2n) is 5.05. The van der Waals surface area contributed by atoms with Crippen molar-refractivity contribution in [3.63, 3.8) is 0 Å². The molecule has 3 N–H and O–H groups in total. The molecule has 0 aliphatic rings. The summed E-state index contributed by atoms with van der Waals surface area (Å²) < 4.78 is 0. The lowest BCUT2D eigenvalue weighted by Gasteiger charge is -2.19. The summed E-state index contributed by atoms with van der Waals surface area (Å²) in [5, 5.41) is 8.97. The van der Waals surface area contributed by atoms with Crippen molar-refractivity contribution >= 4 is 5.97 Å². The van der Waals surface area contributed by atoms with Crippen molar-refractivity contribution in [2.24, 2.45) is 5.73 Å². The van der Waals surface area contributed by atoms with Crippen molar-refractivity contribution in [3.05, 3.63) is 60.2 Å². The Kier molecular flexibility index (Phi) is 4.53. The minimum absolute atomic E-state index is 0.0579. The van der Waals surface area contributed by atoms with Gasteiger partial charge in [-0.2, -0.15) is 0 Å². The number of carboxylic acid groups (broad SMARTS) is 1. The third kappa shape index (κ3) is 3.45. The van der Waals surface area contributed by atoms with E-state index in [1.54, 1.807) is 0 Å². The summed E-state index contributed by atoms with van der Waals surface area (Å²) in [5.74, 6) is -0.975. The zero-order chi connectivity index (χ0) is 14.5. The third-order valence-electron chi connectivity index (χ3n) is 3.48. The molecule has 2 unspecified atom stereocenters. The molecule has 0 aliphatic carbocycles. The molecule has 0 radical (unpaired) electrons. The maximum absolute atomic E-state index is 10.9. The fourth-order valence-corrected chi connectivity index (χ4v) is 2.35. The Balaban J connectivity index is 2.24. The van der Waals surface area contributed by atoms with Crippen molar-refractivity contribution in [3.8, 4) is 11.1 Å². The molecule has 20 heavy (non-hydrogen) atoms. The topological polar surface area (TPSA) is 63.3 Å². The van der Waals surface area contributed by atoms with Gasteiger partial charge in [0.15, 0.2) is 0 Å². The Hall–Kier alpha value is -2.13.